The predicted octanol–water partition coefficient (Wildman–Crippen LogP) is 2.33. The van der Waals surface area contributed by atoms with Gasteiger partial charge in [-0.1, -0.05) is 31.0 Å². The van der Waals surface area contributed by atoms with Crippen LogP contribution in [0.25, 0.3) is 0 Å². The zero-order valence-electron chi connectivity index (χ0n) is 12.6. The van der Waals surface area contributed by atoms with Crippen molar-refractivity contribution in [2.45, 2.75) is 54.8 Å². The summed E-state index contributed by atoms with van der Waals surface area (Å²) < 4.78 is 0. The van der Waals surface area contributed by atoms with Crippen molar-refractivity contribution < 1.29 is 19.5 Å². The van der Waals surface area contributed by atoms with Crippen molar-refractivity contribution >= 4 is 29.5 Å². The number of aromatic nitrogens is 1. The Kier molecular flexibility index (Phi) is 4.66. The number of carbonyl (C=O) groups is 3. The maximum Gasteiger partial charge on any atom is 0.338 e. The average molecular weight is 334 g/mol. The van der Waals surface area contributed by atoms with Gasteiger partial charge in [0.1, 0.15) is 5.03 Å². The summed E-state index contributed by atoms with van der Waals surface area (Å²) in [6, 6.07) is 3.01. The molecule has 0 unspecified atom stereocenters. The van der Waals surface area contributed by atoms with Crippen LogP contribution < -0.4 is 0 Å². The molecule has 2 amide bonds. The highest BCUT2D eigenvalue weighted by Gasteiger charge is 2.43. The highest BCUT2D eigenvalue weighted by atomic mass is 32.2. The van der Waals surface area contributed by atoms with E-state index in [9.17, 15) is 19.5 Å². The van der Waals surface area contributed by atoms with E-state index in [4.69, 9.17) is 0 Å². The van der Waals surface area contributed by atoms with Crippen molar-refractivity contribution in [2.75, 3.05) is 0 Å². The molecule has 1 aliphatic carbocycles. The van der Waals surface area contributed by atoms with Gasteiger partial charge >= 0.3 is 5.97 Å². The molecule has 23 heavy (non-hydrogen) atoms. The molecule has 2 heterocycles. The quantitative estimate of drug-likeness (QED) is 0.850. The molecule has 1 aromatic rings. The summed E-state index contributed by atoms with van der Waals surface area (Å²) in [4.78, 5) is 41.6. The van der Waals surface area contributed by atoms with Crippen LogP contribution in [0.5, 0.6) is 0 Å². The van der Waals surface area contributed by atoms with Crippen LogP contribution in [0.4, 0.5) is 0 Å². The molecule has 0 spiro atoms. The molecule has 0 bridgehead atoms. The number of aromatic carboxylic acids is 1. The van der Waals surface area contributed by atoms with E-state index in [1.165, 1.54) is 17.2 Å². The Morgan fingerprint density at radius 1 is 1.26 bits per heavy atom. The number of carboxylic acid groups (broad SMARTS) is 1. The Morgan fingerprint density at radius 2 is 2.00 bits per heavy atom. The largest absolute Gasteiger partial charge is 0.478 e. The minimum atomic E-state index is -1.08. The number of nitrogens with zero attached hydrogens (tertiary/aromatic N) is 2. The van der Waals surface area contributed by atoms with Crippen molar-refractivity contribution in [2.24, 2.45) is 0 Å². The molecule has 7 heteroatoms. The Labute approximate surface area is 138 Å². The summed E-state index contributed by atoms with van der Waals surface area (Å²) in [6.45, 7) is 0. The van der Waals surface area contributed by atoms with Crippen LogP contribution >= 0.6 is 11.8 Å². The van der Waals surface area contributed by atoms with Crippen molar-refractivity contribution in [3.8, 4) is 0 Å². The summed E-state index contributed by atoms with van der Waals surface area (Å²) in [6.07, 6.45) is 6.61. The Hall–Kier alpha value is -1.89. The highest BCUT2D eigenvalue weighted by Crippen LogP contribution is 2.35. The standard InChI is InChI=1S/C16H18N2O4S/c19-13-9-12(15(20)18(13)10-5-2-1-3-6-10)23-14-11(16(21)22)7-4-8-17-14/h4,7-8,10,12H,1-3,5-6,9H2,(H,21,22)/t12-/m0/s1. The molecule has 1 aliphatic heterocycles. The van der Waals surface area contributed by atoms with Gasteiger partial charge < -0.3 is 5.11 Å². The van der Waals surface area contributed by atoms with Crippen molar-refractivity contribution in [1.82, 2.24) is 9.88 Å². The molecule has 3 rings (SSSR count). The lowest BCUT2D eigenvalue weighted by molar-refractivity contribution is -0.141. The van der Waals surface area contributed by atoms with Gasteiger partial charge in [-0.2, -0.15) is 0 Å². The smallest absolute Gasteiger partial charge is 0.338 e. The molecular weight excluding hydrogens is 316 g/mol. The Bertz CT molecular complexity index is 643. The van der Waals surface area contributed by atoms with Gasteiger partial charge in [0.2, 0.25) is 11.8 Å². The van der Waals surface area contributed by atoms with E-state index in [-0.39, 0.29) is 34.9 Å². The van der Waals surface area contributed by atoms with E-state index >= 15 is 0 Å². The fourth-order valence-corrected chi connectivity index (χ4v) is 4.33. The summed E-state index contributed by atoms with van der Waals surface area (Å²) in [5.41, 5.74) is 0.0638. The second-order valence-electron chi connectivity index (χ2n) is 5.87. The van der Waals surface area contributed by atoms with Crippen molar-refractivity contribution in [3.63, 3.8) is 0 Å². The Morgan fingerprint density at radius 3 is 2.70 bits per heavy atom. The average Bonchev–Trinajstić information content (AvgIpc) is 2.82. The fraction of sp³-hybridized carbons (Fsp3) is 0.500. The normalized spacial score (nSPS) is 22.6. The number of hydrogen-bond acceptors (Lipinski definition) is 5. The summed E-state index contributed by atoms with van der Waals surface area (Å²) in [5.74, 6) is -1.43. The number of thioether (sulfide) groups is 1. The van der Waals surface area contributed by atoms with E-state index in [0.717, 1.165) is 43.9 Å². The zero-order chi connectivity index (χ0) is 16.4. The van der Waals surface area contributed by atoms with Gasteiger partial charge in [0, 0.05) is 18.7 Å². The molecule has 1 atom stereocenters. The van der Waals surface area contributed by atoms with Crippen LogP contribution in [-0.4, -0.2) is 44.1 Å². The molecule has 1 saturated carbocycles. The Balaban J connectivity index is 1.76. The minimum Gasteiger partial charge on any atom is -0.478 e. The number of carbonyl (C=O) groups excluding carboxylic acids is 2. The van der Waals surface area contributed by atoms with Gasteiger partial charge in [0.15, 0.2) is 0 Å². The zero-order valence-corrected chi connectivity index (χ0v) is 13.4. The second kappa shape index (κ2) is 6.70. The predicted molar refractivity (Wildman–Crippen MR) is 84.2 cm³/mol. The molecular formula is C16H18N2O4S. The molecule has 6 nitrogen and oxygen atoms in total. The lowest BCUT2D eigenvalue weighted by atomic mass is 9.94. The van der Waals surface area contributed by atoms with Crippen molar-refractivity contribution in [3.05, 3.63) is 23.9 Å². The van der Waals surface area contributed by atoms with Crippen LogP contribution in [0, 0.1) is 0 Å². The topological polar surface area (TPSA) is 87.6 Å². The van der Waals surface area contributed by atoms with E-state index in [1.807, 2.05) is 0 Å². The van der Waals surface area contributed by atoms with E-state index in [1.54, 1.807) is 6.07 Å². The summed E-state index contributed by atoms with van der Waals surface area (Å²) in [5, 5.41) is 8.91. The number of rotatable bonds is 4. The third-order valence-electron chi connectivity index (χ3n) is 4.34. The first-order chi connectivity index (χ1) is 11.1. The second-order valence-corrected chi connectivity index (χ2v) is 7.06. The van der Waals surface area contributed by atoms with Crippen LogP contribution in [0.1, 0.15) is 48.9 Å². The van der Waals surface area contributed by atoms with Gasteiger partial charge in [0.25, 0.3) is 0 Å². The number of carboxylic acids is 1. The van der Waals surface area contributed by atoms with Gasteiger partial charge in [-0.15, -0.1) is 0 Å². The van der Waals surface area contributed by atoms with Gasteiger partial charge in [-0.25, -0.2) is 9.78 Å². The minimum absolute atomic E-state index is 0.0111. The summed E-state index contributed by atoms with van der Waals surface area (Å²) in [7, 11) is 0. The molecule has 2 fully saturated rings. The fourth-order valence-electron chi connectivity index (χ4n) is 3.22. The molecule has 1 saturated heterocycles. The lowest BCUT2D eigenvalue weighted by Crippen LogP contribution is -2.41. The molecule has 1 N–H and O–H groups in total. The molecule has 2 aliphatic rings. The number of hydrogen-bond donors (Lipinski definition) is 1. The van der Waals surface area contributed by atoms with Crippen LogP contribution in [0.2, 0.25) is 0 Å². The lowest BCUT2D eigenvalue weighted by Gasteiger charge is -2.29. The third kappa shape index (κ3) is 3.24. The van der Waals surface area contributed by atoms with Crippen LogP contribution in [0.3, 0.4) is 0 Å². The first-order valence-electron chi connectivity index (χ1n) is 7.79. The SMILES string of the molecule is O=C(O)c1cccnc1S[C@H]1CC(=O)N(C2CCCCC2)C1=O. The van der Waals surface area contributed by atoms with Gasteiger partial charge in [0.05, 0.1) is 10.8 Å². The van der Waals surface area contributed by atoms with Gasteiger partial charge in [-0.3, -0.25) is 14.5 Å². The summed E-state index contributed by atoms with van der Waals surface area (Å²) >= 11 is 1.08. The number of imide groups is 1. The number of likely N-dealkylation sites (tertiary alicyclic amines) is 1. The highest BCUT2D eigenvalue weighted by molar-refractivity contribution is 8.00. The van der Waals surface area contributed by atoms with E-state index in [2.05, 4.69) is 4.98 Å². The maximum atomic E-state index is 12.6. The molecule has 0 aromatic carbocycles. The van der Waals surface area contributed by atoms with Crippen LogP contribution in [0.15, 0.2) is 23.4 Å². The molecule has 1 aromatic heterocycles. The van der Waals surface area contributed by atoms with E-state index < -0.39 is 11.2 Å². The number of amides is 2. The van der Waals surface area contributed by atoms with Crippen LogP contribution in [-0.2, 0) is 9.59 Å². The maximum absolute atomic E-state index is 12.6. The van der Waals surface area contributed by atoms with E-state index in [0.29, 0.717) is 0 Å². The van der Waals surface area contributed by atoms with Gasteiger partial charge in [-0.05, 0) is 25.0 Å². The first-order valence-corrected chi connectivity index (χ1v) is 8.66. The molecule has 0 radical (unpaired) electrons. The molecule has 122 valence electrons. The number of pyridine rings is 1. The van der Waals surface area contributed by atoms with Crippen molar-refractivity contribution in [1.29, 1.82) is 0 Å². The third-order valence-corrected chi connectivity index (χ3v) is 5.54. The first kappa shape index (κ1) is 16.0. The monoisotopic (exact) mass is 334 g/mol.